The molecule has 2 aromatic heterocycles. The molecule has 0 amide bonds. The van der Waals surface area contributed by atoms with E-state index in [0.717, 1.165) is 55.7 Å². The minimum Gasteiger partial charge on any atom is -0.488 e. The number of ether oxygens (including phenoxy) is 2. The van der Waals surface area contributed by atoms with Crippen LogP contribution in [0.3, 0.4) is 0 Å². The van der Waals surface area contributed by atoms with Crippen molar-refractivity contribution in [3.05, 3.63) is 105 Å². The lowest BCUT2D eigenvalue weighted by Gasteiger charge is -2.15. The maximum Gasteiger partial charge on any atom is 0.439 e. The molecule has 0 fully saturated rings. The van der Waals surface area contributed by atoms with E-state index < -0.39 is 5.76 Å². The first-order chi connectivity index (χ1) is 18.0. The molecule has 5 aromatic rings. The van der Waals surface area contributed by atoms with Crippen molar-refractivity contribution >= 4 is 22.2 Å². The maximum atomic E-state index is 11.7. The molecule has 37 heavy (non-hydrogen) atoms. The van der Waals surface area contributed by atoms with Gasteiger partial charge in [0.2, 0.25) is 0 Å². The second kappa shape index (κ2) is 9.13. The summed E-state index contributed by atoms with van der Waals surface area (Å²) in [5.74, 6) is 0.583. The molecule has 0 atom stereocenters. The Morgan fingerprint density at radius 1 is 1.11 bits per heavy atom. The first-order valence-corrected chi connectivity index (χ1v) is 12.2. The smallest absolute Gasteiger partial charge is 0.439 e. The number of H-pyrrole nitrogens is 1. The Balaban J connectivity index is 1.48. The van der Waals surface area contributed by atoms with Gasteiger partial charge in [-0.15, -0.1) is 0 Å². The number of aryl methyl sites for hydroxylation is 1. The van der Waals surface area contributed by atoms with Crippen molar-refractivity contribution in [2.24, 2.45) is 0 Å². The fraction of sp³-hybridized carbons (Fsp3) is 0.207. The third-order valence-corrected chi connectivity index (χ3v) is 6.71. The molecule has 0 unspecified atom stereocenters. The van der Waals surface area contributed by atoms with Crippen molar-refractivity contribution in [2.45, 2.75) is 33.9 Å². The summed E-state index contributed by atoms with van der Waals surface area (Å²) in [5, 5.41) is 3.93. The summed E-state index contributed by atoms with van der Waals surface area (Å²) in [4.78, 5) is 19.1. The maximum absolute atomic E-state index is 11.7. The van der Waals surface area contributed by atoms with E-state index in [1.165, 1.54) is 0 Å². The van der Waals surface area contributed by atoms with Gasteiger partial charge in [-0.3, -0.25) is 14.1 Å². The average Bonchev–Trinajstić information content (AvgIpc) is 3.44. The van der Waals surface area contributed by atoms with Crippen LogP contribution in [0.2, 0.25) is 0 Å². The van der Waals surface area contributed by atoms with Crippen molar-refractivity contribution in [3.8, 4) is 11.8 Å². The Bertz CT molecular complexity index is 1720. The minimum atomic E-state index is -0.587. The number of allylic oxidation sites excluding steroid dienone is 1. The Morgan fingerprint density at radius 2 is 1.97 bits per heavy atom. The second-order valence-corrected chi connectivity index (χ2v) is 9.08. The molecule has 0 saturated heterocycles. The van der Waals surface area contributed by atoms with Gasteiger partial charge in [0.15, 0.2) is 5.82 Å². The molecular weight excluding hydrogens is 468 g/mol. The summed E-state index contributed by atoms with van der Waals surface area (Å²) in [6.07, 6.45) is 0. The number of imidazole rings is 1. The number of aromatic nitrogens is 4. The van der Waals surface area contributed by atoms with Crippen molar-refractivity contribution in [1.29, 1.82) is 0 Å². The molecule has 0 bridgehead atoms. The monoisotopic (exact) mass is 494 g/mol. The Hall–Kier alpha value is -4.59. The number of rotatable bonds is 5. The second-order valence-electron chi connectivity index (χ2n) is 9.08. The molecule has 6 rings (SSSR count). The normalized spacial score (nSPS) is 14.0. The lowest BCUT2D eigenvalue weighted by Crippen LogP contribution is -2.06. The highest BCUT2D eigenvalue weighted by Crippen LogP contribution is 2.40. The molecule has 8 heteroatoms. The molecule has 8 nitrogen and oxygen atoms in total. The number of para-hydroxylation sites is 2. The fourth-order valence-corrected chi connectivity index (χ4v) is 4.96. The minimum absolute atomic E-state index is 0.397. The van der Waals surface area contributed by atoms with E-state index in [1.54, 1.807) is 0 Å². The van der Waals surface area contributed by atoms with Gasteiger partial charge in [0.05, 0.1) is 24.2 Å². The van der Waals surface area contributed by atoms with Crippen LogP contribution >= 0.6 is 0 Å². The molecule has 0 saturated carbocycles. The number of hydrogen-bond donors (Lipinski definition) is 1. The Morgan fingerprint density at radius 3 is 2.78 bits per heavy atom. The van der Waals surface area contributed by atoms with E-state index >= 15 is 0 Å². The van der Waals surface area contributed by atoms with Crippen LogP contribution in [0.5, 0.6) is 11.8 Å². The van der Waals surface area contributed by atoms with Gasteiger partial charge < -0.3 is 9.47 Å². The van der Waals surface area contributed by atoms with Gasteiger partial charge in [0.25, 0.3) is 6.01 Å². The zero-order valence-electron chi connectivity index (χ0n) is 20.9. The molecule has 1 N–H and O–H groups in total. The molecule has 0 radical (unpaired) electrons. The van der Waals surface area contributed by atoms with E-state index in [4.69, 9.17) is 19.0 Å². The third kappa shape index (κ3) is 4.00. The van der Waals surface area contributed by atoms with Crippen molar-refractivity contribution in [2.75, 3.05) is 6.61 Å². The van der Waals surface area contributed by atoms with E-state index in [0.29, 0.717) is 31.6 Å². The SMILES string of the molecule is CCOc1nc2c(C)cccc2n1Cc1ccc2c(c1)COc1ccccc1/C2=C(\C)c1noc(=O)[nH]1. The predicted molar refractivity (Wildman–Crippen MR) is 141 cm³/mol. The number of nitrogens with zero attached hydrogens (tertiary/aromatic N) is 3. The molecular formula is C29H26N4O4. The van der Waals surface area contributed by atoms with Crippen LogP contribution in [-0.4, -0.2) is 26.3 Å². The van der Waals surface area contributed by atoms with Crippen LogP contribution in [0.15, 0.2) is 70.0 Å². The van der Waals surface area contributed by atoms with Crippen LogP contribution in [-0.2, 0) is 13.2 Å². The van der Waals surface area contributed by atoms with E-state index in [9.17, 15) is 4.79 Å². The van der Waals surface area contributed by atoms with Crippen molar-refractivity contribution in [3.63, 3.8) is 0 Å². The van der Waals surface area contributed by atoms with Gasteiger partial charge in [-0.2, -0.15) is 4.98 Å². The lowest BCUT2D eigenvalue weighted by molar-refractivity contribution is 0.301. The van der Waals surface area contributed by atoms with E-state index in [1.807, 2.05) is 44.2 Å². The molecule has 0 aliphatic carbocycles. The first kappa shape index (κ1) is 22.8. The van der Waals surface area contributed by atoms with Crippen LogP contribution in [0.4, 0.5) is 0 Å². The van der Waals surface area contributed by atoms with E-state index in [-0.39, 0.29) is 0 Å². The fourth-order valence-electron chi connectivity index (χ4n) is 4.96. The Labute approximate surface area is 213 Å². The molecule has 1 aliphatic rings. The topological polar surface area (TPSA) is 95.2 Å². The van der Waals surface area contributed by atoms with Crippen molar-refractivity contribution in [1.82, 2.24) is 19.7 Å². The molecule has 3 aromatic carbocycles. The summed E-state index contributed by atoms with van der Waals surface area (Å²) in [7, 11) is 0. The largest absolute Gasteiger partial charge is 0.488 e. The highest BCUT2D eigenvalue weighted by atomic mass is 16.5. The summed E-state index contributed by atoms with van der Waals surface area (Å²) in [6.45, 7) is 7.50. The average molecular weight is 495 g/mol. The number of benzene rings is 3. The van der Waals surface area contributed by atoms with Gasteiger partial charge >= 0.3 is 5.76 Å². The van der Waals surface area contributed by atoms with Gasteiger partial charge in [0.1, 0.15) is 12.4 Å². The number of aromatic amines is 1. The van der Waals surface area contributed by atoms with Gasteiger partial charge in [-0.05, 0) is 66.8 Å². The van der Waals surface area contributed by atoms with Crippen LogP contribution in [0, 0.1) is 6.92 Å². The summed E-state index contributed by atoms with van der Waals surface area (Å²) in [6, 6.07) is 21.1. The highest BCUT2D eigenvalue weighted by Gasteiger charge is 2.23. The van der Waals surface area contributed by atoms with Crippen molar-refractivity contribution < 1.29 is 14.0 Å². The zero-order chi connectivity index (χ0) is 25.5. The third-order valence-electron chi connectivity index (χ3n) is 6.71. The van der Waals surface area contributed by atoms with Gasteiger partial charge in [-0.25, -0.2) is 4.79 Å². The summed E-state index contributed by atoms with van der Waals surface area (Å²) >= 11 is 0. The lowest BCUT2D eigenvalue weighted by atomic mass is 9.89. The molecule has 3 heterocycles. The molecule has 0 spiro atoms. The zero-order valence-corrected chi connectivity index (χ0v) is 20.9. The van der Waals surface area contributed by atoms with E-state index in [2.05, 4.69) is 52.0 Å². The van der Waals surface area contributed by atoms with Crippen LogP contribution in [0.25, 0.3) is 22.2 Å². The predicted octanol–water partition coefficient (Wildman–Crippen LogP) is 5.34. The number of nitrogens with one attached hydrogen (secondary N) is 1. The Kier molecular flexibility index (Phi) is 5.64. The molecule has 186 valence electrons. The van der Waals surface area contributed by atoms with Crippen LogP contribution < -0.4 is 15.2 Å². The number of hydrogen-bond acceptors (Lipinski definition) is 6. The van der Waals surface area contributed by atoms with Gasteiger partial charge in [0, 0.05) is 11.1 Å². The first-order valence-electron chi connectivity index (χ1n) is 12.2. The van der Waals surface area contributed by atoms with Gasteiger partial charge in [-0.1, -0.05) is 47.6 Å². The quantitative estimate of drug-likeness (QED) is 0.354. The summed E-state index contributed by atoms with van der Waals surface area (Å²) in [5.41, 5.74) is 8.92. The summed E-state index contributed by atoms with van der Waals surface area (Å²) < 4.78 is 19.0. The molecule has 1 aliphatic heterocycles. The number of fused-ring (bicyclic) bond motifs is 3. The van der Waals surface area contributed by atoms with Crippen LogP contribution in [0.1, 0.15) is 47.5 Å². The standard InChI is InChI=1S/C29H26N4O4/c1-4-35-28-30-26-17(2)8-7-10-23(26)33(28)15-19-12-13-21-20(14-19)16-36-24-11-6-5-9-22(24)25(21)18(3)27-31-29(34)37-32-27/h5-14H,4,15-16H2,1-3H3,(H,31,32,34)/b25-18+. The highest BCUT2D eigenvalue weighted by molar-refractivity contribution is 5.99.